The Hall–Kier alpha value is -1.73. The third kappa shape index (κ3) is 1.85. The maximum absolute atomic E-state index is 13.1. The molecule has 2 N–H and O–H groups in total. The highest BCUT2D eigenvalue weighted by Gasteiger charge is 2.66. The molecule has 1 aliphatic rings. The fraction of sp³-hybridized carbons (Fsp3) is 0.636. The topological polar surface area (TPSA) is 70.1 Å². The highest BCUT2D eigenvalue weighted by Crippen LogP contribution is 2.57. The van der Waals surface area contributed by atoms with Crippen molar-refractivity contribution in [3.8, 4) is 0 Å². The molecule has 2 rings (SSSR count). The van der Waals surface area contributed by atoms with Gasteiger partial charge in [0.05, 0.1) is 7.11 Å². The van der Waals surface area contributed by atoms with Crippen LogP contribution in [-0.2, 0) is 16.7 Å². The molecule has 0 bridgehead atoms. The van der Waals surface area contributed by atoms with Gasteiger partial charge in [-0.3, -0.25) is 4.57 Å². The van der Waals surface area contributed by atoms with E-state index in [0.717, 1.165) is 11.7 Å². The maximum atomic E-state index is 13.1. The number of carbonyl (C=O) groups excluding carboxylic acids is 1. The Labute approximate surface area is 107 Å². The highest BCUT2D eigenvalue weighted by atomic mass is 19.4. The Bertz CT molecular complexity index is 518. The van der Waals surface area contributed by atoms with E-state index < -0.39 is 17.7 Å². The Morgan fingerprint density at radius 2 is 2.11 bits per heavy atom. The average Bonchev–Trinajstić information content (AvgIpc) is 3.08. The maximum Gasteiger partial charge on any atom is 0.412 e. The summed E-state index contributed by atoms with van der Waals surface area (Å²) < 4.78 is 44.9. The molecule has 19 heavy (non-hydrogen) atoms. The van der Waals surface area contributed by atoms with E-state index in [1.165, 1.54) is 0 Å². The monoisotopic (exact) mass is 277 g/mol. The normalized spacial score (nSPS) is 17.3. The Kier molecular flexibility index (Phi) is 2.98. The molecule has 0 aliphatic heterocycles. The Morgan fingerprint density at radius 1 is 1.53 bits per heavy atom. The molecule has 1 heterocycles. The molecule has 106 valence electrons. The lowest BCUT2D eigenvalue weighted by Crippen LogP contribution is -2.36. The van der Waals surface area contributed by atoms with Gasteiger partial charge in [-0.25, -0.2) is 9.78 Å². The van der Waals surface area contributed by atoms with E-state index in [-0.39, 0.29) is 36.6 Å². The molecule has 1 fully saturated rings. The van der Waals surface area contributed by atoms with Crippen molar-refractivity contribution in [1.29, 1.82) is 0 Å². The third-order valence-electron chi connectivity index (χ3n) is 3.36. The summed E-state index contributed by atoms with van der Waals surface area (Å²) in [6, 6.07) is 0. The molecule has 5 nitrogen and oxygen atoms in total. The predicted octanol–water partition coefficient (Wildman–Crippen LogP) is 1.87. The minimum absolute atomic E-state index is 0.0509. The van der Waals surface area contributed by atoms with Crippen LogP contribution in [0, 0.1) is 0 Å². The van der Waals surface area contributed by atoms with Gasteiger partial charge in [-0.2, -0.15) is 13.2 Å². The average molecular weight is 277 g/mol. The van der Waals surface area contributed by atoms with E-state index in [4.69, 9.17) is 5.73 Å². The first kappa shape index (κ1) is 13.7. The van der Waals surface area contributed by atoms with Gasteiger partial charge in [-0.05, 0) is 12.8 Å². The van der Waals surface area contributed by atoms with Gasteiger partial charge < -0.3 is 10.5 Å². The standard InChI is InChI=1S/C11H14F3N3O2/c1-3-6-16-7(9(18)19-2)8(15)17(6)10(4-5-10)11(12,13)14/h3-5,15H2,1-2H3. The van der Waals surface area contributed by atoms with Crippen molar-refractivity contribution < 1.29 is 22.7 Å². The first-order valence-corrected chi connectivity index (χ1v) is 5.81. The van der Waals surface area contributed by atoms with E-state index in [9.17, 15) is 18.0 Å². The molecule has 0 aromatic carbocycles. The summed E-state index contributed by atoms with van der Waals surface area (Å²) in [6.07, 6.45) is -4.27. The molecule has 0 amide bonds. The Balaban J connectivity index is 2.58. The van der Waals surface area contributed by atoms with Crippen molar-refractivity contribution in [2.24, 2.45) is 0 Å². The van der Waals surface area contributed by atoms with Crippen molar-refractivity contribution in [1.82, 2.24) is 9.55 Å². The number of nitrogen functional groups attached to an aromatic ring is 1. The van der Waals surface area contributed by atoms with Crippen LogP contribution in [0.5, 0.6) is 0 Å². The molecule has 0 radical (unpaired) electrons. The lowest BCUT2D eigenvalue weighted by molar-refractivity contribution is -0.179. The number of nitrogens with zero attached hydrogens (tertiary/aromatic N) is 2. The number of esters is 1. The number of rotatable bonds is 3. The number of methoxy groups -OCH3 is 1. The first-order chi connectivity index (χ1) is 8.78. The Morgan fingerprint density at radius 3 is 2.47 bits per heavy atom. The number of aromatic nitrogens is 2. The molecule has 1 aromatic rings. The van der Waals surface area contributed by atoms with Crippen LogP contribution in [0.1, 0.15) is 36.1 Å². The summed E-state index contributed by atoms with van der Waals surface area (Å²) in [5.41, 5.74) is 3.41. The number of anilines is 1. The van der Waals surface area contributed by atoms with Crippen molar-refractivity contribution in [2.75, 3.05) is 12.8 Å². The van der Waals surface area contributed by atoms with Crippen LogP contribution in [0.3, 0.4) is 0 Å². The number of ether oxygens (including phenoxy) is 1. The summed E-state index contributed by atoms with van der Waals surface area (Å²) >= 11 is 0. The van der Waals surface area contributed by atoms with Crippen LogP contribution in [0.25, 0.3) is 0 Å². The second-order valence-corrected chi connectivity index (χ2v) is 4.47. The van der Waals surface area contributed by atoms with Crippen molar-refractivity contribution in [2.45, 2.75) is 37.9 Å². The second kappa shape index (κ2) is 4.14. The number of alkyl halides is 3. The van der Waals surface area contributed by atoms with Crippen LogP contribution in [0.4, 0.5) is 19.0 Å². The van der Waals surface area contributed by atoms with Gasteiger partial charge in [0, 0.05) is 6.42 Å². The zero-order valence-corrected chi connectivity index (χ0v) is 10.5. The number of aryl methyl sites for hydroxylation is 1. The molecule has 8 heteroatoms. The van der Waals surface area contributed by atoms with Crippen LogP contribution < -0.4 is 5.73 Å². The summed E-state index contributed by atoms with van der Waals surface area (Å²) in [5.74, 6) is -0.963. The molecule has 0 unspecified atom stereocenters. The van der Waals surface area contributed by atoms with Gasteiger partial charge in [0.1, 0.15) is 17.2 Å². The summed E-state index contributed by atoms with van der Waals surface area (Å²) in [7, 11) is 1.13. The van der Waals surface area contributed by atoms with Gasteiger partial charge >= 0.3 is 12.1 Å². The van der Waals surface area contributed by atoms with Crippen molar-refractivity contribution in [3.05, 3.63) is 11.5 Å². The molecule has 1 saturated carbocycles. The van der Waals surface area contributed by atoms with Gasteiger partial charge in [0.2, 0.25) is 0 Å². The summed E-state index contributed by atoms with van der Waals surface area (Å²) in [4.78, 5) is 15.3. The largest absolute Gasteiger partial charge is 0.464 e. The number of hydrogen-bond acceptors (Lipinski definition) is 4. The minimum atomic E-state index is -4.42. The smallest absolute Gasteiger partial charge is 0.412 e. The zero-order valence-electron chi connectivity index (χ0n) is 10.5. The minimum Gasteiger partial charge on any atom is -0.464 e. The molecule has 1 aliphatic carbocycles. The van der Waals surface area contributed by atoms with E-state index >= 15 is 0 Å². The number of carbonyl (C=O) groups is 1. The van der Waals surface area contributed by atoms with E-state index in [2.05, 4.69) is 9.72 Å². The molecular formula is C11H14F3N3O2. The zero-order chi connectivity index (χ0) is 14.4. The molecule has 0 saturated heterocycles. The van der Waals surface area contributed by atoms with E-state index in [1.807, 2.05) is 0 Å². The van der Waals surface area contributed by atoms with Crippen molar-refractivity contribution in [3.63, 3.8) is 0 Å². The first-order valence-electron chi connectivity index (χ1n) is 5.81. The predicted molar refractivity (Wildman–Crippen MR) is 60.6 cm³/mol. The number of hydrogen-bond donors (Lipinski definition) is 1. The van der Waals surface area contributed by atoms with Gasteiger partial charge in [-0.15, -0.1) is 0 Å². The van der Waals surface area contributed by atoms with E-state index in [1.54, 1.807) is 6.92 Å². The molecule has 1 aromatic heterocycles. The van der Waals surface area contributed by atoms with Crippen LogP contribution in [-0.4, -0.2) is 28.8 Å². The lowest BCUT2D eigenvalue weighted by atomic mass is 10.2. The summed E-state index contributed by atoms with van der Waals surface area (Å²) in [5, 5.41) is 0. The third-order valence-corrected chi connectivity index (χ3v) is 3.36. The fourth-order valence-corrected chi connectivity index (χ4v) is 2.20. The number of halogens is 3. The van der Waals surface area contributed by atoms with Gasteiger partial charge in [0.25, 0.3) is 0 Å². The molecule has 0 atom stereocenters. The molecular weight excluding hydrogens is 263 g/mol. The van der Waals surface area contributed by atoms with Crippen LogP contribution in [0.2, 0.25) is 0 Å². The quantitative estimate of drug-likeness (QED) is 0.856. The highest BCUT2D eigenvalue weighted by molar-refractivity contribution is 5.92. The van der Waals surface area contributed by atoms with Crippen LogP contribution >= 0.6 is 0 Å². The lowest BCUT2D eigenvalue weighted by Gasteiger charge is -2.23. The second-order valence-electron chi connectivity index (χ2n) is 4.47. The van der Waals surface area contributed by atoms with Crippen LogP contribution in [0.15, 0.2) is 0 Å². The number of nitrogens with two attached hydrogens (primary N) is 1. The summed E-state index contributed by atoms with van der Waals surface area (Å²) in [6.45, 7) is 1.66. The van der Waals surface area contributed by atoms with Crippen molar-refractivity contribution >= 4 is 11.8 Å². The number of imidazole rings is 1. The fourth-order valence-electron chi connectivity index (χ4n) is 2.20. The van der Waals surface area contributed by atoms with E-state index in [0.29, 0.717) is 0 Å². The SMILES string of the molecule is CCc1nc(C(=O)OC)c(N)n1C1(C(F)(F)F)CC1. The molecule has 0 spiro atoms. The van der Waals surface area contributed by atoms with Gasteiger partial charge in [0.15, 0.2) is 5.69 Å². The van der Waals surface area contributed by atoms with Gasteiger partial charge in [-0.1, -0.05) is 6.92 Å².